The van der Waals surface area contributed by atoms with Crippen LogP contribution in [0.4, 0.5) is 0 Å². The molecular formula is C11H20N3. The molecule has 14 heavy (non-hydrogen) atoms. The monoisotopic (exact) mass is 194 g/mol. The number of nitrogens with zero attached hydrogens (tertiary/aromatic N) is 3. The summed E-state index contributed by atoms with van der Waals surface area (Å²) in [5.74, 6) is 0. The Bertz CT molecular complexity index is 262. The summed E-state index contributed by atoms with van der Waals surface area (Å²) in [6.07, 6.45) is 4.31. The van der Waals surface area contributed by atoms with Crippen molar-refractivity contribution < 1.29 is 0 Å². The lowest BCUT2D eigenvalue weighted by molar-refractivity contribution is 0.387. The van der Waals surface area contributed by atoms with E-state index in [1.165, 1.54) is 17.4 Å². The Morgan fingerprint density at radius 1 is 0.714 bits per heavy atom. The summed E-state index contributed by atoms with van der Waals surface area (Å²) in [5.41, 5.74) is 2.54. The lowest BCUT2D eigenvalue weighted by Gasteiger charge is -2.28. The SMILES string of the molecule is CN(C)[C]1C=CC(N(C)C)=C1N(C)C. The first-order valence-electron chi connectivity index (χ1n) is 4.76. The Balaban J connectivity index is 3.02. The van der Waals surface area contributed by atoms with Crippen LogP contribution in [0.3, 0.4) is 0 Å². The molecule has 3 nitrogen and oxygen atoms in total. The van der Waals surface area contributed by atoms with Crippen molar-refractivity contribution in [1.29, 1.82) is 0 Å². The Hall–Kier alpha value is -0.960. The lowest BCUT2D eigenvalue weighted by Crippen LogP contribution is -2.28. The van der Waals surface area contributed by atoms with Crippen LogP contribution in [-0.2, 0) is 0 Å². The van der Waals surface area contributed by atoms with Gasteiger partial charge in [0.2, 0.25) is 0 Å². The molecule has 0 spiro atoms. The van der Waals surface area contributed by atoms with Gasteiger partial charge in [0.1, 0.15) is 6.04 Å². The first kappa shape index (κ1) is 11.1. The molecule has 0 bridgehead atoms. The van der Waals surface area contributed by atoms with Crippen molar-refractivity contribution in [2.24, 2.45) is 0 Å². The molecule has 0 aromatic carbocycles. The van der Waals surface area contributed by atoms with Crippen molar-refractivity contribution in [2.75, 3.05) is 42.3 Å². The molecule has 0 amide bonds. The molecule has 0 aromatic heterocycles. The van der Waals surface area contributed by atoms with Crippen LogP contribution in [0.25, 0.3) is 0 Å². The molecule has 0 aliphatic heterocycles. The summed E-state index contributed by atoms with van der Waals surface area (Å²) in [4.78, 5) is 6.44. The third-order valence-electron chi connectivity index (χ3n) is 2.30. The molecule has 0 fully saturated rings. The zero-order valence-corrected chi connectivity index (χ0v) is 10.00. The van der Waals surface area contributed by atoms with Gasteiger partial charge in [0.15, 0.2) is 0 Å². The second-order valence-electron chi connectivity index (χ2n) is 4.14. The van der Waals surface area contributed by atoms with E-state index in [4.69, 9.17) is 0 Å². The molecule has 0 unspecified atom stereocenters. The third kappa shape index (κ3) is 1.93. The third-order valence-corrected chi connectivity index (χ3v) is 2.30. The van der Waals surface area contributed by atoms with Gasteiger partial charge in [-0.3, -0.25) is 4.90 Å². The smallest absolute Gasteiger partial charge is 0.110 e. The highest BCUT2D eigenvalue weighted by molar-refractivity contribution is 5.46. The molecule has 0 N–H and O–H groups in total. The topological polar surface area (TPSA) is 9.72 Å². The fraction of sp³-hybridized carbons (Fsp3) is 0.545. The predicted molar refractivity (Wildman–Crippen MR) is 60.5 cm³/mol. The number of rotatable bonds is 3. The first-order chi connectivity index (χ1) is 6.45. The maximum atomic E-state index is 2.16. The Morgan fingerprint density at radius 2 is 1.29 bits per heavy atom. The molecule has 0 aromatic rings. The molecular weight excluding hydrogens is 174 g/mol. The molecule has 1 aliphatic rings. The van der Waals surface area contributed by atoms with E-state index in [-0.39, 0.29) is 0 Å². The van der Waals surface area contributed by atoms with Crippen LogP contribution in [-0.4, -0.2) is 57.0 Å². The second-order valence-corrected chi connectivity index (χ2v) is 4.14. The van der Waals surface area contributed by atoms with E-state index in [0.29, 0.717) is 0 Å². The molecule has 1 rings (SSSR count). The number of hydrogen-bond donors (Lipinski definition) is 0. The van der Waals surface area contributed by atoms with Crippen molar-refractivity contribution >= 4 is 0 Å². The fourth-order valence-electron chi connectivity index (χ4n) is 1.63. The van der Waals surface area contributed by atoms with Crippen molar-refractivity contribution in [3.63, 3.8) is 0 Å². The van der Waals surface area contributed by atoms with E-state index in [1.807, 2.05) is 0 Å². The van der Waals surface area contributed by atoms with Crippen LogP contribution in [0.5, 0.6) is 0 Å². The molecule has 0 saturated carbocycles. The Labute approximate surface area is 87.3 Å². The van der Waals surface area contributed by atoms with Gasteiger partial charge in [-0.1, -0.05) is 6.08 Å². The highest BCUT2D eigenvalue weighted by Crippen LogP contribution is 2.30. The standard InChI is InChI=1S/C11H20N3/c1-12(2)9-7-8-10(13(3)4)11(9)14(5)6/h7-8H,1-6H3. The molecule has 0 heterocycles. The molecule has 0 saturated heterocycles. The van der Waals surface area contributed by atoms with Gasteiger partial charge in [-0.05, 0) is 20.2 Å². The van der Waals surface area contributed by atoms with Gasteiger partial charge in [-0.2, -0.15) is 0 Å². The molecule has 1 aliphatic carbocycles. The van der Waals surface area contributed by atoms with E-state index in [9.17, 15) is 0 Å². The van der Waals surface area contributed by atoms with Crippen molar-refractivity contribution in [3.8, 4) is 0 Å². The average Bonchev–Trinajstić information content (AvgIpc) is 2.46. The number of hydrogen-bond acceptors (Lipinski definition) is 3. The van der Waals surface area contributed by atoms with Crippen LogP contribution in [0.2, 0.25) is 0 Å². The van der Waals surface area contributed by atoms with Gasteiger partial charge in [-0.15, -0.1) is 0 Å². The first-order valence-corrected chi connectivity index (χ1v) is 4.76. The average molecular weight is 194 g/mol. The second kappa shape index (κ2) is 4.05. The summed E-state index contributed by atoms with van der Waals surface area (Å²) in [7, 11) is 12.4. The minimum atomic E-state index is 1.26. The van der Waals surface area contributed by atoms with E-state index in [0.717, 1.165) is 0 Å². The number of likely N-dealkylation sites (N-methyl/N-ethyl adjacent to an activating group) is 3. The largest absolute Gasteiger partial charge is 0.377 e. The van der Waals surface area contributed by atoms with Gasteiger partial charge < -0.3 is 9.80 Å². The summed E-state index contributed by atoms with van der Waals surface area (Å²) in [6, 6.07) is 1.26. The van der Waals surface area contributed by atoms with Crippen molar-refractivity contribution in [1.82, 2.24) is 14.7 Å². The summed E-state index contributed by atoms with van der Waals surface area (Å²) >= 11 is 0. The highest BCUT2D eigenvalue weighted by atomic mass is 15.2. The summed E-state index contributed by atoms with van der Waals surface area (Å²) < 4.78 is 0. The minimum absolute atomic E-state index is 1.26. The molecule has 79 valence electrons. The van der Waals surface area contributed by atoms with Crippen LogP contribution >= 0.6 is 0 Å². The molecule has 3 heteroatoms. The summed E-state index contributed by atoms with van der Waals surface area (Å²) in [6.45, 7) is 0. The van der Waals surface area contributed by atoms with Gasteiger partial charge in [0.05, 0.1) is 11.4 Å². The number of allylic oxidation sites excluding steroid dienone is 1. The maximum Gasteiger partial charge on any atom is 0.110 e. The van der Waals surface area contributed by atoms with Gasteiger partial charge in [-0.25, -0.2) is 0 Å². The van der Waals surface area contributed by atoms with Crippen LogP contribution < -0.4 is 0 Å². The van der Waals surface area contributed by atoms with Gasteiger partial charge >= 0.3 is 0 Å². The van der Waals surface area contributed by atoms with E-state index in [2.05, 4.69) is 69.1 Å². The zero-order valence-electron chi connectivity index (χ0n) is 10.00. The van der Waals surface area contributed by atoms with E-state index < -0.39 is 0 Å². The van der Waals surface area contributed by atoms with Crippen LogP contribution in [0, 0.1) is 6.04 Å². The van der Waals surface area contributed by atoms with Crippen LogP contribution in [0.1, 0.15) is 0 Å². The normalized spacial score (nSPS) is 17.1. The Kier molecular flexibility index (Phi) is 3.21. The van der Waals surface area contributed by atoms with Gasteiger partial charge in [0.25, 0.3) is 0 Å². The molecule has 0 atom stereocenters. The van der Waals surface area contributed by atoms with Gasteiger partial charge in [0, 0.05) is 28.2 Å². The zero-order chi connectivity index (χ0) is 10.9. The van der Waals surface area contributed by atoms with Crippen molar-refractivity contribution in [3.05, 3.63) is 29.6 Å². The summed E-state index contributed by atoms with van der Waals surface area (Å²) in [5, 5.41) is 0. The van der Waals surface area contributed by atoms with E-state index >= 15 is 0 Å². The predicted octanol–water partition coefficient (Wildman–Crippen LogP) is 0.985. The van der Waals surface area contributed by atoms with Crippen molar-refractivity contribution in [2.45, 2.75) is 0 Å². The van der Waals surface area contributed by atoms with E-state index in [1.54, 1.807) is 0 Å². The quantitative estimate of drug-likeness (QED) is 0.663. The highest BCUT2D eigenvalue weighted by Gasteiger charge is 2.25. The Morgan fingerprint density at radius 3 is 1.64 bits per heavy atom. The fourth-order valence-corrected chi connectivity index (χ4v) is 1.63. The van der Waals surface area contributed by atoms with Crippen LogP contribution in [0.15, 0.2) is 23.5 Å². The molecule has 1 radical (unpaired) electrons. The maximum absolute atomic E-state index is 2.16. The minimum Gasteiger partial charge on any atom is -0.377 e. The lowest BCUT2D eigenvalue weighted by atomic mass is 10.2.